The molecule has 3 N–H and O–H groups in total. The van der Waals surface area contributed by atoms with Crippen molar-refractivity contribution in [2.24, 2.45) is 5.10 Å². The van der Waals surface area contributed by atoms with Crippen LogP contribution in [0.1, 0.15) is 12.5 Å². The first-order valence-corrected chi connectivity index (χ1v) is 8.54. The number of hydrazone groups is 1. The van der Waals surface area contributed by atoms with Gasteiger partial charge in [-0.05, 0) is 64.8 Å². The maximum atomic E-state index is 12.1. The summed E-state index contributed by atoms with van der Waals surface area (Å²) >= 11 is 3.23. The number of methoxy groups -OCH3 is 2. The van der Waals surface area contributed by atoms with Crippen molar-refractivity contribution in [2.45, 2.75) is 13.0 Å². The number of anilines is 1. The number of aromatic hydroxyl groups is 1. The number of hydrogen-bond donors (Lipinski definition) is 3. The number of amides is 1. The van der Waals surface area contributed by atoms with Gasteiger partial charge in [0.2, 0.25) is 0 Å². The van der Waals surface area contributed by atoms with Gasteiger partial charge < -0.3 is 19.9 Å². The summed E-state index contributed by atoms with van der Waals surface area (Å²) in [6.07, 6.45) is 1.46. The molecule has 0 spiro atoms. The summed E-state index contributed by atoms with van der Waals surface area (Å²) in [5.74, 6) is 0.766. The Hall–Kier alpha value is -2.74. The summed E-state index contributed by atoms with van der Waals surface area (Å²) in [4.78, 5) is 12.1. The molecule has 1 atom stereocenters. The van der Waals surface area contributed by atoms with Gasteiger partial charge in [0.1, 0.15) is 11.8 Å². The first kappa shape index (κ1) is 19.6. The molecule has 0 aliphatic heterocycles. The van der Waals surface area contributed by atoms with Crippen LogP contribution in [0, 0.1) is 0 Å². The van der Waals surface area contributed by atoms with Gasteiger partial charge in [-0.25, -0.2) is 5.43 Å². The predicted molar refractivity (Wildman–Crippen MR) is 104 cm³/mol. The molecular weight excluding hydrogens is 402 g/mol. The van der Waals surface area contributed by atoms with Gasteiger partial charge in [-0.3, -0.25) is 4.79 Å². The van der Waals surface area contributed by atoms with E-state index in [2.05, 4.69) is 31.8 Å². The number of nitrogens with zero attached hydrogens (tertiary/aromatic N) is 1. The van der Waals surface area contributed by atoms with Gasteiger partial charge in [0.25, 0.3) is 5.91 Å². The number of carbonyl (C=O) groups is 1. The van der Waals surface area contributed by atoms with Gasteiger partial charge in [-0.1, -0.05) is 0 Å². The molecule has 0 heterocycles. The van der Waals surface area contributed by atoms with Crippen LogP contribution < -0.4 is 20.2 Å². The van der Waals surface area contributed by atoms with E-state index in [0.717, 1.165) is 11.4 Å². The van der Waals surface area contributed by atoms with Crippen molar-refractivity contribution in [3.8, 4) is 17.2 Å². The van der Waals surface area contributed by atoms with Gasteiger partial charge in [0.05, 0.1) is 24.9 Å². The van der Waals surface area contributed by atoms with E-state index < -0.39 is 6.04 Å². The smallest absolute Gasteiger partial charge is 0.262 e. The zero-order valence-corrected chi connectivity index (χ0v) is 16.2. The fourth-order valence-corrected chi connectivity index (χ4v) is 2.55. The van der Waals surface area contributed by atoms with Gasteiger partial charge in [0.15, 0.2) is 11.5 Å². The van der Waals surface area contributed by atoms with E-state index >= 15 is 0 Å². The van der Waals surface area contributed by atoms with Gasteiger partial charge >= 0.3 is 0 Å². The standard InChI is InChI=1S/C18H20BrN3O4/c1-11(21-13-4-6-14(25-2)7-5-13)18(24)22-20-10-12-8-15(19)17(23)16(9-12)26-3/h4-11,21,23H,1-3H3,(H,22,24)/b20-10-/t11-/m1/s1. The highest BCUT2D eigenvalue weighted by molar-refractivity contribution is 9.10. The molecule has 0 aromatic heterocycles. The van der Waals surface area contributed by atoms with Crippen LogP contribution in [-0.4, -0.2) is 37.5 Å². The first-order chi connectivity index (χ1) is 12.4. The van der Waals surface area contributed by atoms with Crippen LogP contribution in [0.15, 0.2) is 46.0 Å². The van der Waals surface area contributed by atoms with Gasteiger partial charge in [0, 0.05) is 5.69 Å². The lowest BCUT2D eigenvalue weighted by Crippen LogP contribution is -2.34. The summed E-state index contributed by atoms with van der Waals surface area (Å²) in [7, 11) is 3.05. The van der Waals surface area contributed by atoms with E-state index in [1.165, 1.54) is 13.3 Å². The van der Waals surface area contributed by atoms with E-state index in [4.69, 9.17) is 9.47 Å². The lowest BCUT2D eigenvalue weighted by Gasteiger charge is -2.13. The molecule has 0 radical (unpaired) electrons. The fraction of sp³-hybridized carbons (Fsp3) is 0.222. The van der Waals surface area contributed by atoms with Crippen LogP contribution in [0.25, 0.3) is 0 Å². The second kappa shape index (κ2) is 9.10. The molecule has 8 heteroatoms. The van der Waals surface area contributed by atoms with E-state index in [1.54, 1.807) is 38.3 Å². The summed E-state index contributed by atoms with van der Waals surface area (Å²) in [6.45, 7) is 1.73. The number of phenols is 1. The Morgan fingerprint density at radius 3 is 2.54 bits per heavy atom. The van der Waals surface area contributed by atoms with E-state index in [1.807, 2.05) is 12.1 Å². The molecule has 0 unspecified atom stereocenters. The second-order valence-electron chi connectivity index (χ2n) is 5.38. The number of hydrogen-bond acceptors (Lipinski definition) is 6. The summed E-state index contributed by atoms with van der Waals surface area (Å²) < 4.78 is 10.6. The van der Waals surface area contributed by atoms with E-state index in [-0.39, 0.29) is 11.7 Å². The van der Waals surface area contributed by atoms with Gasteiger partial charge in [-0.15, -0.1) is 0 Å². The van der Waals surface area contributed by atoms with Crippen molar-refractivity contribution in [1.29, 1.82) is 0 Å². The minimum Gasteiger partial charge on any atom is -0.503 e. The molecule has 0 saturated carbocycles. The maximum absolute atomic E-state index is 12.1. The lowest BCUT2D eigenvalue weighted by atomic mass is 10.2. The van der Waals surface area contributed by atoms with Crippen molar-refractivity contribution >= 4 is 33.7 Å². The van der Waals surface area contributed by atoms with Crippen LogP contribution in [-0.2, 0) is 4.79 Å². The molecule has 2 rings (SSSR count). The lowest BCUT2D eigenvalue weighted by molar-refractivity contribution is -0.121. The molecule has 1 amide bonds. The Balaban J connectivity index is 1.94. The molecule has 0 fully saturated rings. The summed E-state index contributed by atoms with van der Waals surface area (Å²) in [6, 6.07) is 10.0. The molecule has 0 aliphatic rings. The maximum Gasteiger partial charge on any atom is 0.262 e. The minimum atomic E-state index is -0.485. The fourth-order valence-electron chi connectivity index (χ4n) is 2.09. The third-order valence-corrected chi connectivity index (χ3v) is 4.13. The highest BCUT2D eigenvalue weighted by Crippen LogP contribution is 2.34. The molecule has 0 saturated heterocycles. The highest BCUT2D eigenvalue weighted by Gasteiger charge is 2.12. The molecule has 138 valence electrons. The number of rotatable bonds is 7. The second-order valence-corrected chi connectivity index (χ2v) is 6.24. The topological polar surface area (TPSA) is 92.2 Å². The zero-order valence-electron chi connectivity index (χ0n) is 14.6. The average Bonchev–Trinajstić information content (AvgIpc) is 2.64. The molecule has 0 bridgehead atoms. The minimum absolute atomic E-state index is 0.00555. The van der Waals surface area contributed by atoms with Crippen molar-refractivity contribution in [1.82, 2.24) is 5.43 Å². The Morgan fingerprint density at radius 1 is 1.23 bits per heavy atom. The van der Waals surface area contributed by atoms with Crippen LogP contribution in [0.2, 0.25) is 0 Å². The Bertz CT molecular complexity index is 794. The van der Waals surface area contributed by atoms with Crippen molar-refractivity contribution in [3.05, 3.63) is 46.4 Å². The van der Waals surface area contributed by atoms with E-state index in [0.29, 0.717) is 15.8 Å². The van der Waals surface area contributed by atoms with Crippen LogP contribution >= 0.6 is 15.9 Å². The molecule has 2 aromatic rings. The van der Waals surface area contributed by atoms with E-state index in [9.17, 15) is 9.90 Å². The molecular formula is C18H20BrN3O4. The number of phenolic OH excluding ortho intramolecular Hbond substituents is 1. The number of benzene rings is 2. The molecule has 2 aromatic carbocycles. The molecule has 7 nitrogen and oxygen atoms in total. The average molecular weight is 422 g/mol. The van der Waals surface area contributed by atoms with Crippen LogP contribution in [0.4, 0.5) is 5.69 Å². The quantitative estimate of drug-likeness (QED) is 0.471. The Morgan fingerprint density at radius 2 is 1.92 bits per heavy atom. The monoisotopic (exact) mass is 421 g/mol. The number of halogens is 1. The number of nitrogens with one attached hydrogen (secondary N) is 2. The SMILES string of the molecule is COc1ccc(N[C@H](C)C(=O)N/N=C\c2cc(Br)c(O)c(OC)c2)cc1. The number of carbonyl (C=O) groups excluding carboxylic acids is 1. The summed E-state index contributed by atoms with van der Waals surface area (Å²) in [5.41, 5.74) is 3.92. The van der Waals surface area contributed by atoms with Crippen molar-refractivity contribution in [2.75, 3.05) is 19.5 Å². The van der Waals surface area contributed by atoms with Gasteiger partial charge in [-0.2, -0.15) is 5.10 Å². The Kier molecular flexibility index (Phi) is 6.85. The van der Waals surface area contributed by atoms with Crippen molar-refractivity contribution < 1.29 is 19.4 Å². The zero-order chi connectivity index (χ0) is 19.1. The Labute approximate surface area is 160 Å². The van der Waals surface area contributed by atoms with Crippen LogP contribution in [0.5, 0.6) is 17.2 Å². The summed E-state index contributed by atoms with van der Waals surface area (Å²) in [5, 5.41) is 16.8. The van der Waals surface area contributed by atoms with Crippen molar-refractivity contribution in [3.63, 3.8) is 0 Å². The predicted octanol–water partition coefficient (Wildman–Crippen LogP) is 3.12. The molecule has 0 aliphatic carbocycles. The molecule has 26 heavy (non-hydrogen) atoms. The normalized spacial score (nSPS) is 11.8. The third kappa shape index (κ3) is 5.13. The largest absolute Gasteiger partial charge is 0.503 e. The van der Waals surface area contributed by atoms with Crippen LogP contribution in [0.3, 0.4) is 0 Å². The first-order valence-electron chi connectivity index (χ1n) is 7.74. The highest BCUT2D eigenvalue weighted by atomic mass is 79.9. The number of ether oxygens (including phenoxy) is 2. The third-order valence-electron chi connectivity index (χ3n) is 3.53.